The Bertz CT molecular complexity index is 286. The van der Waals surface area contributed by atoms with Crippen LogP contribution in [-0.2, 0) is 0 Å². The normalized spacial score (nSPS) is 26.2. The zero-order valence-electron chi connectivity index (χ0n) is 9.32. The van der Waals surface area contributed by atoms with Gasteiger partial charge >= 0.3 is 0 Å². The van der Waals surface area contributed by atoms with Gasteiger partial charge in [-0.15, -0.1) is 0 Å². The molecule has 3 nitrogen and oxygen atoms in total. The molecule has 1 N–H and O–H groups in total. The summed E-state index contributed by atoms with van der Waals surface area (Å²) < 4.78 is 0. The molecule has 15 heavy (non-hydrogen) atoms. The Hall–Kier alpha value is -1.12. The second kappa shape index (κ2) is 5.10. The van der Waals surface area contributed by atoms with E-state index in [1.807, 2.05) is 6.07 Å². The van der Waals surface area contributed by atoms with Crippen molar-refractivity contribution in [1.29, 1.82) is 0 Å². The Morgan fingerprint density at radius 1 is 1.33 bits per heavy atom. The van der Waals surface area contributed by atoms with Gasteiger partial charge in [0.1, 0.15) is 0 Å². The molecule has 0 saturated heterocycles. The van der Waals surface area contributed by atoms with Gasteiger partial charge in [0, 0.05) is 18.9 Å². The minimum absolute atomic E-state index is 0.760. The van der Waals surface area contributed by atoms with Crippen LogP contribution < -0.4 is 5.32 Å². The van der Waals surface area contributed by atoms with Crippen molar-refractivity contribution in [2.45, 2.75) is 32.6 Å². The lowest BCUT2D eigenvalue weighted by Gasteiger charge is -2.26. The standard InChI is InChI=1S/C12H19N3/c1-10-4-2-5-11(8-10)9-15-12-13-6-3-7-14-12/h3,6-7,10-11H,2,4-5,8-9H2,1H3,(H,13,14,15). The number of anilines is 1. The minimum Gasteiger partial charge on any atom is -0.354 e. The van der Waals surface area contributed by atoms with Crippen LogP contribution in [0, 0.1) is 11.8 Å². The first-order valence-corrected chi connectivity index (χ1v) is 5.85. The van der Waals surface area contributed by atoms with Gasteiger partial charge in [-0.25, -0.2) is 9.97 Å². The smallest absolute Gasteiger partial charge is 0.222 e. The van der Waals surface area contributed by atoms with Crippen LogP contribution in [0.5, 0.6) is 0 Å². The van der Waals surface area contributed by atoms with E-state index in [1.54, 1.807) is 12.4 Å². The second-order valence-corrected chi connectivity index (χ2v) is 4.59. The molecule has 2 atom stereocenters. The van der Waals surface area contributed by atoms with Crippen molar-refractivity contribution in [1.82, 2.24) is 9.97 Å². The van der Waals surface area contributed by atoms with Gasteiger partial charge in [0.05, 0.1) is 0 Å². The van der Waals surface area contributed by atoms with Crippen LogP contribution in [0.4, 0.5) is 5.95 Å². The quantitative estimate of drug-likeness (QED) is 0.824. The lowest BCUT2D eigenvalue weighted by Crippen LogP contribution is -2.21. The molecule has 2 rings (SSSR count). The molecule has 1 heterocycles. The largest absolute Gasteiger partial charge is 0.354 e. The van der Waals surface area contributed by atoms with Gasteiger partial charge in [0.2, 0.25) is 5.95 Å². The van der Waals surface area contributed by atoms with Crippen LogP contribution in [0.25, 0.3) is 0 Å². The Morgan fingerprint density at radius 2 is 2.13 bits per heavy atom. The molecule has 1 aliphatic carbocycles. The average Bonchev–Trinajstić information content (AvgIpc) is 2.28. The van der Waals surface area contributed by atoms with Gasteiger partial charge in [0.25, 0.3) is 0 Å². The molecule has 0 aliphatic heterocycles. The molecule has 3 heteroatoms. The molecule has 1 aliphatic rings. The van der Waals surface area contributed by atoms with Gasteiger partial charge < -0.3 is 5.32 Å². The third kappa shape index (κ3) is 3.18. The number of aromatic nitrogens is 2. The number of rotatable bonds is 3. The molecule has 0 spiro atoms. The van der Waals surface area contributed by atoms with Crippen molar-refractivity contribution in [3.05, 3.63) is 18.5 Å². The van der Waals surface area contributed by atoms with E-state index in [9.17, 15) is 0 Å². The number of nitrogens with zero attached hydrogens (tertiary/aromatic N) is 2. The molecular formula is C12H19N3. The highest BCUT2D eigenvalue weighted by molar-refractivity contribution is 5.21. The summed E-state index contributed by atoms with van der Waals surface area (Å²) in [6.07, 6.45) is 9.03. The summed E-state index contributed by atoms with van der Waals surface area (Å²) in [6, 6.07) is 1.84. The highest BCUT2D eigenvalue weighted by atomic mass is 15.1. The van der Waals surface area contributed by atoms with Crippen molar-refractivity contribution in [3.8, 4) is 0 Å². The number of nitrogens with one attached hydrogen (secondary N) is 1. The van der Waals surface area contributed by atoms with E-state index in [4.69, 9.17) is 0 Å². The maximum Gasteiger partial charge on any atom is 0.222 e. The van der Waals surface area contributed by atoms with Crippen molar-refractivity contribution >= 4 is 5.95 Å². The summed E-state index contributed by atoms with van der Waals surface area (Å²) >= 11 is 0. The topological polar surface area (TPSA) is 37.8 Å². The summed E-state index contributed by atoms with van der Waals surface area (Å²) in [4.78, 5) is 8.32. The molecule has 0 radical (unpaired) electrons. The highest BCUT2D eigenvalue weighted by Crippen LogP contribution is 2.28. The van der Waals surface area contributed by atoms with Gasteiger partial charge in [-0.3, -0.25) is 0 Å². The van der Waals surface area contributed by atoms with Crippen LogP contribution in [0.3, 0.4) is 0 Å². The van der Waals surface area contributed by atoms with E-state index < -0.39 is 0 Å². The fourth-order valence-electron chi connectivity index (χ4n) is 2.37. The van der Waals surface area contributed by atoms with Gasteiger partial charge in [-0.05, 0) is 30.7 Å². The zero-order valence-corrected chi connectivity index (χ0v) is 9.32. The van der Waals surface area contributed by atoms with E-state index >= 15 is 0 Å². The van der Waals surface area contributed by atoms with E-state index in [2.05, 4.69) is 22.2 Å². The molecule has 0 aromatic carbocycles. The summed E-state index contributed by atoms with van der Waals surface area (Å²) in [5.41, 5.74) is 0. The van der Waals surface area contributed by atoms with E-state index in [0.717, 1.165) is 24.3 Å². The summed E-state index contributed by atoms with van der Waals surface area (Å²) in [7, 11) is 0. The summed E-state index contributed by atoms with van der Waals surface area (Å²) in [6.45, 7) is 3.37. The molecule has 2 unspecified atom stereocenters. The lowest BCUT2D eigenvalue weighted by atomic mass is 9.82. The van der Waals surface area contributed by atoms with Crippen LogP contribution in [-0.4, -0.2) is 16.5 Å². The Balaban J connectivity index is 1.78. The van der Waals surface area contributed by atoms with E-state index in [1.165, 1.54) is 25.7 Å². The first kappa shape index (κ1) is 10.4. The van der Waals surface area contributed by atoms with Gasteiger partial charge in [0.15, 0.2) is 0 Å². The SMILES string of the molecule is CC1CCCC(CNc2ncccn2)C1. The van der Waals surface area contributed by atoms with Crippen molar-refractivity contribution < 1.29 is 0 Å². The summed E-state index contributed by atoms with van der Waals surface area (Å²) in [5, 5.41) is 3.31. The second-order valence-electron chi connectivity index (χ2n) is 4.59. The average molecular weight is 205 g/mol. The molecule has 1 fully saturated rings. The number of hydrogen-bond acceptors (Lipinski definition) is 3. The van der Waals surface area contributed by atoms with Crippen molar-refractivity contribution in [2.75, 3.05) is 11.9 Å². The van der Waals surface area contributed by atoms with Crippen LogP contribution in [0.2, 0.25) is 0 Å². The molecule has 1 saturated carbocycles. The van der Waals surface area contributed by atoms with E-state index in [0.29, 0.717) is 0 Å². The third-order valence-corrected chi connectivity index (χ3v) is 3.16. The van der Waals surface area contributed by atoms with Crippen LogP contribution in [0.15, 0.2) is 18.5 Å². The van der Waals surface area contributed by atoms with Crippen molar-refractivity contribution in [2.24, 2.45) is 11.8 Å². The molecular weight excluding hydrogens is 186 g/mol. The molecule has 82 valence electrons. The highest BCUT2D eigenvalue weighted by Gasteiger charge is 2.18. The fraction of sp³-hybridized carbons (Fsp3) is 0.667. The summed E-state index contributed by atoms with van der Waals surface area (Å²) in [5.74, 6) is 2.45. The number of hydrogen-bond donors (Lipinski definition) is 1. The molecule has 1 aromatic heterocycles. The van der Waals surface area contributed by atoms with Gasteiger partial charge in [-0.1, -0.05) is 19.8 Å². The Kier molecular flexibility index (Phi) is 3.54. The first-order valence-electron chi connectivity index (χ1n) is 5.85. The van der Waals surface area contributed by atoms with Gasteiger partial charge in [-0.2, -0.15) is 0 Å². The monoisotopic (exact) mass is 205 g/mol. The van der Waals surface area contributed by atoms with Crippen LogP contribution in [0.1, 0.15) is 32.6 Å². The lowest BCUT2D eigenvalue weighted by molar-refractivity contribution is 0.293. The maximum absolute atomic E-state index is 4.16. The predicted octanol–water partition coefficient (Wildman–Crippen LogP) is 2.71. The minimum atomic E-state index is 0.760. The zero-order chi connectivity index (χ0) is 10.5. The Labute approximate surface area is 91.3 Å². The maximum atomic E-state index is 4.16. The molecule has 0 bridgehead atoms. The van der Waals surface area contributed by atoms with E-state index in [-0.39, 0.29) is 0 Å². The molecule has 1 aromatic rings. The van der Waals surface area contributed by atoms with Crippen LogP contribution >= 0.6 is 0 Å². The van der Waals surface area contributed by atoms with Crippen molar-refractivity contribution in [3.63, 3.8) is 0 Å². The molecule has 0 amide bonds. The third-order valence-electron chi connectivity index (χ3n) is 3.16. The first-order chi connectivity index (χ1) is 7.34. The fourth-order valence-corrected chi connectivity index (χ4v) is 2.37. The predicted molar refractivity (Wildman–Crippen MR) is 61.6 cm³/mol. The Morgan fingerprint density at radius 3 is 2.87 bits per heavy atom.